The van der Waals surface area contributed by atoms with Crippen LogP contribution in [0.1, 0.15) is 44.6 Å². The molecule has 0 saturated carbocycles. The molecular formula is C15H23ClN2. The molecule has 0 amide bonds. The monoisotopic (exact) mass is 266 g/mol. The second-order valence-electron chi connectivity index (χ2n) is 5.24. The van der Waals surface area contributed by atoms with Crippen molar-refractivity contribution in [1.29, 1.82) is 0 Å². The van der Waals surface area contributed by atoms with Crippen LogP contribution in [0.5, 0.6) is 0 Å². The van der Waals surface area contributed by atoms with Crippen LogP contribution < -0.4 is 5.73 Å². The number of anilines is 1. The van der Waals surface area contributed by atoms with E-state index in [4.69, 9.17) is 17.3 Å². The summed E-state index contributed by atoms with van der Waals surface area (Å²) < 4.78 is 0. The molecule has 0 radical (unpaired) electrons. The average molecular weight is 267 g/mol. The molecular weight excluding hydrogens is 244 g/mol. The fourth-order valence-electron chi connectivity index (χ4n) is 2.81. The van der Waals surface area contributed by atoms with Gasteiger partial charge in [0.05, 0.1) is 10.7 Å². The van der Waals surface area contributed by atoms with Crippen LogP contribution in [0.4, 0.5) is 5.69 Å². The Bertz CT molecular complexity index is 392. The molecule has 0 bridgehead atoms. The molecule has 1 fully saturated rings. The number of hydrogen-bond donors (Lipinski definition) is 1. The molecule has 2 nitrogen and oxygen atoms in total. The van der Waals surface area contributed by atoms with Gasteiger partial charge in [0, 0.05) is 12.6 Å². The Labute approximate surface area is 115 Å². The molecule has 1 aliphatic heterocycles. The average Bonchev–Trinajstić information content (AvgIpc) is 2.59. The van der Waals surface area contributed by atoms with Gasteiger partial charge >= 0.3 is 0 Å². The first-order valence-corrected chi connectivity index (χ1v) is 7.36. The summed E-state index contributed by atoms with van der Waals surface area (Å²) >= 11 is 6.09. The number of likely N-dealkylation sites (tertiary alicyclic amines) is 1. The fourth-order valence-corrected chi connectivity index (χ4v) is 3.01. The van der Waals surface area contributed by atoms with Gasteiger partial charge in [-0.1, -0.05) is 37.4 Å². The maximum atomic E-state index is 6.09. The van der Waals surface area contributed by atoms with Gasteiger partial charge in [0.15, 0.2) is 0 Å². The Hall–Kier alpha value is -0.730. The first-order chi connectivity index (χ1) is 8.70. The predicted molar refractivity (Wildman–Crippen MR) is 78.8 cm³/mol. The van der Waals surface area contributed by atoms with Crippen LogP contribution in [-0.4, -0.2) is 17.5 Å². The highest BCUT2D eigenvalue weighted by molar-refractivity contribution is 6.33. The van der Waals surface area contributed by atoms with Crippen molar-refractivity contribution in [2.24, 2.45) is 0 Å². The molecule has 0 spiro atoms. The van der Waals surface area contributed by atoms with E-state index < -0.39 is 0 Å². The van der Waals surface area contributed by atoms with Gasteiger partial charge in [0.2, 0.25) is 0 Å². The molecule has 1 saturated heterocycles. The molecule has 1 unspecified atom stereocenters. The zero-order valence-electron chi connectivity index (χ0n) is 11.2. The van der Waals surface area contributed by atoms with E-state index in [0.29, 0.717) is 10.7 Å². The maximum absolute atomic E-state index is 6.09. The second kappa shape index (κ2) is 6.44. The third-order valence-electron chi connectivity index (χ3n) is 3.92. The van der Waals surface area contributed by atoms with E-state index in [-0.39, 0.29) is 0 Å². The molecule has 1 heterocycles. The predicted octanol–water partition coefficient (Wildman–Crippen LogP) is 4.08. The van der Waals surface area contributed by atoms with Gasteiger partial charge in [0.25, 0.3) is 0 Å². The number of rotatable bonds is 3. The normalized spacial score (nSPS) is 21.8. The van der Waals surface area contributed by atoms with Gasteiger partial charge in [-0.2, -0.15) is 0 Å². The molecule has 1 aliphatic rings. The third kappa shape index (κ3) is 3.39. The molecule has 0 aromatic heterocycles. The van der Waals surface area contributed by atoms with Crippen LogP contribution >= 0.6 is 11.6 Å². The first kappa shape index (κ1) is 13.7. The zero-order chi connectivity index (χ0) is 13.0. The quantitative estimate of drug-likeness (QED) is 0.836. The van der Waals surface area contributed by atoms with Crippen LogP contribution in [-0.2, 0) is 6.54 Å². The lowest BCUT2D eigenvalue weighted by Gasteiger charge is -2.29. The van der Waals surface area contributed by atoms with E-state index in [1.165, 1.54) is 44.2 Å². The lowest BCUT2D eigenvalue weighted by Crippen LogP contribution is -2.33. The minimum absolute atomic E-state index is 0.670. The van der Waals surface area contributed by atoms with Crippen LogP contribution in [0.3, 0.4) is 0 Å². The first-order valence-electron chi connectivity index (χ1n) is 6.98. The summed E-state index contributed by atoms with van der Waals surface area (Å²) in [5.41, 5.74) is 7.70. The fraction of sp³-hybridized carbons (Fsp3) is 0.600. The minimum Gasteiger partial charge on any atom is -0.398 e. The van der Waals surface area contributed by atoms with Gasteiger partial charge in [-0.3, -0.25) is 4.90 Å². The number of benzene rings is 1. The topological polar surface area (TPSA) is 29.3 Å². The molecule has 0 aliphatic carbocycles. The van der Waals surface area contributed by atoms with E-state index in [0.717, 1.165) is 12.6 Å². The van der Waals surface area contributed by atoms with Crippen molar-refractivity contribution >= 4 is 17.3 Å². The highest BCUT2D eigenvalue weighted by Crippen LogP contribution is 2.24. The van der Waals surface area contributed by atoms with Crippen LogP contribution in [0.15, 0.2) is 18.2 Å². The van der Waals surface area contributed by atoms with Gasteiger partial charge in [0.1, 0.15) is 0 Å². The van der Waals surface area contributed by atoms with Gasteiger partial charge in [-0.25, -0.2) is 0 Å². The summed E-state index contributed by atoms with van der Waals surface area (Å²) in [7, 11) is 0. The number of nitrogen functional groups attached to an aromatic ring is 1. The van der Waals surface area contributed by atoms with E-state index in [9.17, 15) is 0 Å². The Morgan fingerprint density at radius 1 is 1.33 bits per heavy atom. The minimum atomic E-state index is 0.670. The SMILES string of the molecule is CCC1CCCCCN1Cc1ccc(N)c(Cl)c1. The summed E-state index contributed by atoms with van der Waals surface area (Å²) in [6, 6.07) is 6.74. The van der Waals surface area contributed by atoms with E-state index >= 15 is 0 Å². The number of hydrogen-bond acceptors (Lipinski definition) is 2. The van der Waals surface area contributed by atoms with Crippen LogP contribution in [0.25, 0.3) is 0 Å². The molecule has 1 atom stereocenters. The van der Waals surface area contributed by atoms with Gasteiger partial charge in [-0.15, -0.1) is 0 Å². The largest absolute Gasteiger partial charge is 0.398 e. The Kier molecular flexibility index (Phi) is 4.90. The van der Waals surface area contributed by atoms with E-state index in [2.05, 4.69) is 17.9 Å². The lowest BCUT2D eigenvalue weighted by molar-refractivity contribution is 0.186. The summed E-state index contributed by atoms with van der Waals surface area (Å²) in [6.07, 6.45) is 6.63. The molecule has 2 rings (SSSR count). The molecule has 2 N–H and O–H groups in total. The lowest BCUT2D eigenvalue weighted by atomic mass is 10.1. The summed E-state index contributed by atoms with van der Waals surface area (Å²) in [6.45, 7) is 4.50. The summed E-state index contributed by atoms with van der Waals surface area (Å²) in [5, 5.41) is 0.676. The van der Waals surface area contributed by atoms with Crippen LogP contribution in [0, 0.1) is 0 Å². The smallest absolute Gasteiger partial charge is 0.0638 e. The third-order valence-corrected chi connectivity index (χ3v) is 4.25. The zero-order valence-corrected chi connectivity index (χ0v) is 11.9. The molecule has 1 aromatic rings. The summed E-state index contributed by atoms with van der Waals surface area (Å²) in [4.78, 5) is 2.61. The molecule has 1 aromatic carbocycles. The van der Waals surface area contributed by atoms with Crippen molar-refractivity contribution in [3.05, 3.63) is 28.8 Å². The van der Waals surface area contributed by atoms with E-state index in [1.807, 2.05) is 12.1 Å². The van der Waals surface area contributed by atoms with Crippen molar-refractivity contribution in [3.63, 3.8) is 0 Å². The standard InChI is InChI=1S/C15H23ClN2/c1-2-13-6-4-3-5-9-18(13)11-12-7-8-15(17)14(16)10-12/h7-8,10,13H,2-6,9,11,17H2,1H3. The second-order valence-corrected chi connectivity index (χ2v) is 5.64. The highest BCUT2D eigenvalue weighted by Gasteiger charge is 2.19. The number of nitrogens with zero attached hydrogens (tertiary/aromatic N) is 1. The van der Waals surface area contributed by atoms with Crippen LogP contribution in [0.2, 0.25) is 5.02 Å². The number of nitrogens with two attached hydrogens (primary N) is 1. The molecule has 3 heteroatoms. The Balaban J connectivity index is 2.07. The van der Waals surface area contributed by atoms with Gasteiger partial charge in [-0.05, 0) is 43.5 Å². The van der Waals surface area contributed by atoms with E-state index in [1.54, 1.807) is 0 Å². The maximum Gasteiger partial charge on any atom is 0.0638 e. The Morgan fingerprint density at radius 2 is 2.17 bits per heavy atom. The molecule has 100 valence electrons. The summed E-state index contributed by atoms with van der Waals surface area (Å²) in [5.74, 6) is 0. The molecule has 18 heavy (non-hydrogen) atoms. The van der Waals surface area contributed by atoms with Gasteiger partial charge < -0.3 is 5.73 Å². The van der Waals surface area contributed by atoms with Crippen molar-refractivity contribution in [1.82, 2.24) is 4.90 Å². The number of halogens is 1. The Morgan fingerprint density at radius 3 is 2.89 bits per heavy atom. The van der Waals surface area contributed by atoms with Crippen molar-refractivity contribution in [2.75, 3.05) is 12.3 Å². The van der Waals surface area contributed by atoms with Crippen molar-refractivity contribution < 1.29 is 0 Å². The highest BCUT2D eigenvalue weighted by atomic mass is 35.5. The van der Waals surface area contributed by atoms with Crippen molar-refractivity contribution in [3.8, 4) is 0 Å². The van der Waals surface area contributed by atoms with Crippen molar-refractivity contribution in [2.45, 2.75) is 51.6 Å².